The number of carbonyl (C=O) groups excluding carboxylic acids is 2. The molecule has 0 aliphatic heterocycles. The normalized spacial score (nSPS) is 11.9. The van der Waals surface area contributed by atoms with Crippen LogP contribution in [0.4, 0.5) is 0 Å². The summed E-state index contributed by atoms with van der Waals surface area (Å²) < 4.78 is 7.39. The summed E-state index contributed by atoms with van der Waals surface area (Å²) in [5.74, 6) is -0.931. The molecule has 1 amide bonds. The minimum Gasteiger partial charge on any atom is -0.468 e. The largest absolute Gasteiger partial charge is 0.468 e. The molecule has 0 saturated heterocycles. The van der Waals surface area contributed by atoms with Crippen molar-refractivity contribution in [1.82, 2.24) is 14.5 Å². The number of carbonyl (C=O) groups is 2. The van der Waals surface area contributed by atoms with Crippen LogP contribution in [0.5, 0.6) is 0 Å². The predicted octanol–water partition coefficient (Wildman–Crippen LogP) is 2.87. The molecule has 0 aliphatic carbocycles. The average molecular weight is 392 g/mol. The first kappa shape index (κ1) is 18.0. The first-order chi connectivity index (χ1) is 13.5. The molecule has 0 radical (unpaired) electrons. The third kappa shape index (κ3) is 3.41. The van der Waals surface area contributed by atoms with Crippen molar-refractivity contribution in [1.29, 1.82) is 0 Å². The van der Waals surface area contributed by atoms with Crippen molar-refractivity contribution >= 4 is 44.5 Å². The van der Waals surface area contributed by atoms with Gasteiger partial charge in [0.2, 0.25) is 0 Å². The van der Waals surface area contributed by atoms with E-state index in [1.54, 1.807) is 10.6 Å². The topological polar surface area (TPSA) is 86.4 Å². The van der Waals surface area contributed by atoms with Crippen LogP contribution in [0.3, 0.4) is 0 Å². The molecule has 8 heteroatoms. The first-order valence-electron chi connectivity index (χ1n) is 8.53. The quantitative estimate of drug-likeness (QED) is 0.501. The van der Waals surface area contributed by atoms with E-state index in [1.807, 2.05) is 43.3 Å². The summed E-state index contributed by atoms with van der Waals surface area (Å²) in [4.78, 5) is 37.8. The van der Waals surface area contributed by atoms with Crippen LogP contribution < -0.4 is 4.80 Å². The summed E-state index contributed by atoms with van der Waals surface area (Å²) in [6.45, 7) is 1.95. The molecule has 0 aliphatic rings. The Bertz CT molecular complexity index is 1290. The highest BCUT2D eigenvalue weighted by molar-refractivity contribution is 7.16. The molecule has 4 rings (SSSR count). The second-order valence-electron chi connectivity index (χ2n) is 6.18. The van der Waals surface area contributed by atoms with Gasteiger partial charge in [0.25, 0.3) is 5.91 Å². The predicted molar refractivity (Wildman–Crippen MR) is 106 cm³/mol. The number of fused-ring (bicyclic) bond motifs is 2. The molecule has 0 atom stereocenters. The maximum atomic E-state index is 12.7. The number of ether oxygens (including phenoxy) is 1. The lowest BCUT2D eigenvalue weighted by Gasteiger charge is -2.04. The van der Waals surface area contributed by atoms with E-state index in [1.165, 1.54) is 24.6 Å². The summed E-state index contributed by atoms with van der Waals surface area (Å²) in [7, 11) is 1.33. The number of amides is 1. The Balaban J connectivity index is 1.83. The molecular weight excluding hydrogens is 376 g/mol. The highest BCUT2D eigenvalue weighted by Crippen LogP contribution is 2.19. The Morgan fingerprint density at radius 1 is 1.18 bits per heavy atom. The molecule has 0 unspecified atom stereocenters. The SMILES string of the molecule is COC(=O)Cn1c(=NC(=O)c2cnc3ccccc3n2)sc2cc(C)ccc21. The van der Waals surface area contributed by atoms with Crippen LogP contribution in [0.2, 0.25) is 0 Å². The summed E-state index contributed by atoms with van der Waals surface area (Å²) >= 11 is 1.34. The lowest BCUT2D eigenvalue weighted by molar-refractivity contribution is -0.141. The lowest BCUT2D eigenvalue weighted by atomic mass is 10.2. The molecule has 140 valence electrons. The Hall–Kier alpha value is -3.39. The van der Waals surface area contributed by atoms with E-state index >= 15 is 0 Å². The number of aromatic nitrogens is 3. The molecule has 7 nitrogen and oxygen atoms in total. The first-order valence-corrected chi connectivity index (χ1v) is 9.34. The van der Waals surface area contributed by atoms with Crippen LogP contribution in [-0.4, -0.2) is 33.5 Å². The van der Waals surface area contributed by atoms with Crippen LogP contribution in [-0.2, 0) is 16.1 Å². The van der Waals surface area contributed by atoms with E-state index in [0.29, 0.717) is 15.8 Å². The number of para-hydroxylation sites is 2. The zero-order valence-electron chi connectivity index (χ0n) is 15.2. The molecule has 0 N–H and O–H groups in total. The van der Waals surface area contributed by atoms with Gasteiger partial charge in [-0.3, -0.25) is 14.6 Å². The monoisotopic (exact) mass is 392 g/mol. The molecule has 28 heavy (non-hydrogen) atoms. The van der Waals surface area contributed by atoms with Gasteiger partial charge in [-0.2, -0.15) is 4.99 Å². The minimum absolute atomic E-state index is 0.0327. The minimum atomic E-state index is -0.514. The van der Waals surface area contributed by atoms with Crippen molar-refractivity contribution in [2.45, 2.75) is 13.5 Å². The van der Waals surface area contributed by atoms with E-state index in [4.69, 9.17) is 4.74 Å². The van der Waals surface area contributed by atoms with Gasteiger partial charge in [0.1, 0.15) is 12.2 Å². The number of hydrogen-bond donors (Lipinski definition) is 0. The zero-order valence-corrected chi connectivity index (χ0v) is 16.1. The van der Waals surface area contributed by atoms with Crippen molar-refractivity contribution in [2.24, 2.45) is 4.99 Å². The van der Waals surface area contributed by atoms with E-state index in [0.717, 1.165) is 15.8 Å². The molecule has 4 aromatic rings. The maximum Gasteiger partial charge on any atom is 0.325 e. The second kappa shape index (κ2) is 7.32. The van der Waals surface area contributed by atoms with Crippen LogP contribution in [0.15, 0.2) is 53.7 Å². The van der Waals surface area contributed by atoms with Gasteiger partial charge in [0.15, 0.2) is 4.80 Å². The number of rotatable bonds is 3. The van der Waals surface area contributed by atoms with Gasteiger partial charge >= 0.3 is 5.97 Å². The molecule has 2 heterocycles. The fourth-order valence-corrected chi connectivity index (χ4v) is 3.94. The second-order valence-corrected chi connectivity index (χ2v) is 7.19. The van der Waals surface area contributed by atoms with E-state index in [-0.39, 0.29) is 12.2 Å². The number of esters is 1. The van der Waals surface area contributed by atoms with Gasteiger partial charge in [-0.05, 0) is 36.8 Å². The number of hydrogen-bond acceptors (Lipinski definition) is 6. The summed E-state index contributed by atoms with van der Waals surface area (Å²) in [6, 6.07) is 13.2. The van der Waals surface area contributed by atoms with Gasteiger partial charge in [0, 0.05) is 0 Å². The Labute approximate surface area is 164 Å². The third-order valence-electron chi connectivity index (χ3n) is 4.22. The maximum absolute atomic E-state index is 12.7. The third-order valence-corrected chi connectivity index (χ3v) is 5.26. The molecular formula is C20H16N4O3S. The van der Waals surface area contributed by atoms with Crippen molar-refractivity contribution in [3.8, 4) is 0 Å². The molecule has 2 aromatic heterocycles. The van der Waals surface area contributed by atoms with Crippen molar-refractivity contribution in [3.05, 3.63) is 64.7 Å². The van der Waals surface area contributed by atoms with Gasteiger partial charge in [0.05, 0.1) is 34.6 Å². The lowest BCUT2D eigenvalue weighted by Crippen LogP contribution is -2.22. The highest BCUT2D eigenvalue weighted by atomic mass is 32.1. The van der Waals surface area contributed by atoms with E-state index in [2.05, 4.69) is 15.0 Å². The smallest absolute Gasteiger partial charge is 0.325 e. The Morgan fingerprint density at radius 2 is 1.96 bits per heavy atom. The fraction of sp³-hybridized carbons (Fsp3) is 0.150. The Morgan fingerprint density at radius 3 is 2.75 bits per heavy atom. The van der Waals surface area contributed by atoms with Crippen molar-refractivity contribution in [2.75, 3.05) is 7.11 Å². The number of nitrogens with zero attached hydrogens (tertiary/aromatic N) is 4. The molecule has 0 saturated carbocycles. The molecule has 2 aromatic carbocycles. The molecule has 0 bridgehead atoms. The Kier molecular flexibility index (Phi) is 4.70. The summed E-state index contributed by atoms with van der Waals surface area (Å²) in [5.41, 5.74) is 3.38. The summed E-state index contributed by atoms with van der Waals surface area (Å²) in [5, 5.41) is 0. The number of methoxy groups -OCH3 is 1. The zero-order chi connectivity index (χ0) is 19.7. The van der Waals surface area contributed by atoms with Crippen LogP contribution >= 0.6 is 11.3 Å². The van der Waals surface area contributed by atoms with Crippen molar-refractivity contribution in [3.63, 3.8) is 0 Å². The van der Waals surface area contributed by atoms with Crippen molar-refractivity contribution < 1.29 is 14.3 Å². The fourth-order valence-electron chi connectivity index (χ4n) is 2.82. The van der Waals surface area contributed by atoms with Gasteiger partial charge in [-0.25, -0.2) is 4.98 Å². The van der Waals surface area contributed by atoms with Crippen LogP contribution in [0, 0.1) is 6.92 Å². The van der Waals surface area contributed by atoms with Gasteiger partial charge < -0.3 is 9.30 Å². The molecule has 0 spiro atoms. The number of aryl methyl sites for hydroxylation is 1. The highest BCUT2D eigenvalue weighted by Gasteiger charge is 2.14. The van der Waals surface area contributed by atoms with E-state index < -0.39 is 11.9 Å². The summed E-state index contributed by atoms with van der Waals surface area (Å²) in [6.07, 6.45) is 1.41. The van der Waals surface area contributed by atoms with Crippen LogP contribution in [0.1, 0.15) is 16.1 Å². The van der Waals surface area contributed by atoms with Gasteiger partial charge in [-0.15, -0.1) is 0 Å². The number of benzene rings is 2. The van der Waals surface area contributed by atoms with Gasteiger partial charge in [-0.1, -0.05) is 29.5 Å². The average Bonchev–Trinajstić information content (AvgIpc) is 3.03. The number of thiazole rings is 1. The van der Waals surface area contributed by atoms with Crippen LogP contribution in [0.25, 0.3) is 21.3 Å². The van der Waals surface area contributed by atoms with E-state index in [9.17, 15) is 9.59 Å². The standard InChI is InChI=1S/C20H16N4O3S/c1-12-7-8-16-17(9-12)28-20(24(16)11-18(25)27-2)23-19(26)15-10-21-13-5-3-4-6-14(13)22-15/h3-10H,11H2,1-2H3. The molecule has 0 fully saturated rings.